The largest absolute Gasteiger partial charge is 0.489 e. The van der Waals surface area contributed by atoms with E-state index in [1.807, 2.05) is 6.07 Å². The van der Waals surface area contributed by atoms with Crippen molar-refractivity contribution >= 4 is 17.7 Å². The number of rotatable bonds is 7. The Morgan fingerprint density at radius 2 is 2.21 bits per heavy atom. The number of ether oxygens (including phenoxy) is 2. The first-order valence-electron chi connectivity index (χ1n) is 9.12. The predicted molar refractivity (Wildman–Crippen MR) is 98.9 cm³/mol. The molecular weight excluding hydrogens is 388 g/mol. The fourth-order valence-corrected chi connectivity index (χ4v) is 4.56. The fraction of sp³-hybridized carbons (Fsp3) is 0.400. The summed E-state index contributed by atoms with van der Waals surface area (Å²) in [5.74, 6) is -4.06. The van der Waals surface area contributed by atoms with E-state index in [0.717, 1.165) is 29.5 Å². The molecule has 1 aliphatic carbocycles. The zero-order valence-corrected chi connectivity index (χ0v) is 15.8. The van der Waals surface area contributed by atoms with Gasteiger partial charge in [-0.15, -0.1) is 11.8 Å². The number of hydrogen-bond donors (Lipinski definition) is 1. The van der Waals surface area contributed by atoms with Crippen LogP contribution in [0.3, 0.4) is 0 Å². The standard InChI is InChI=1S/C20H19F2NO4S/c21-15-8-14-12(7-16(24)25)10-26-18(14)17(22)19(15)27-9-11-3-2-6-23-20(11)28-13-4-1-5-13/h2-3,6,8,12-13H,1,4-5,7,9-10H2,(H,24,25). The zero-order chi connectivity index (χ0) is 19.7. The molecule has 8 heteroatoms. The Kier molecular flexibility index (Phi) is 5.39. The van der Waals surface area contributed by atoms with Gasteiger partial charge in [0.15, 0.2) is 17.3 Å². The molecule has 148 valence electrons. The number of hydrogen-bond acceptors (Lipinski definition) is 5. The van der Waals surface area contributed by atoms with Gasteiger partial charge in [-0.3, -0.25) is 4.79 Å². The molecule has 0 radical (unpaired) electrons. The Labute approximate surface area is 165 Å². The van der Waals surface area contributed by atoms with E-state index in [4.69, 9.17) is 14.6 Å². The molecule has 1 aliphatic heterocycles. The summed E-state index contributed by atoms with van der Waals surface area (Å²) in [6, 6.07) is 4.71. The Hall–Kier alpha value is -2.35. The van der Waals surface area contributed by atoms with E-state index in [9.17, 15) is 13.6 Å². The van der Waals surface area contributed by atoms with Crippen LogP contribution in [0.5, 0.6) is 11.5 Å². The summed E-state index contributed by atoms with van der Waals surface area (Å²) in [6.45, 7) is -0.0136. The molecule has 1 aromatic carbocycles. The number of aliphatic carboxylic acids is 1. The molecule has 1 saturated carbocycles. The molecule has 1 aromatic heterocycles. The third-order valence-corrected chi connectivity index (χ3v) is 6.40. The average Bonchev–Trinajstić information content (AvgIpc) is 3.01. The predicted octanol–water partition coefficient (Wildman–Crippen LogP) is 4.53. The van der Waals surface area contributed by atoms with Crippen LogP contribution in [0.25, 0.3) is 0 Å². The van der Waals surface area contributed by atoms with Gasteiger partial charge in [0.2, 0.25) is 5.82 Å². The molecule has 1 N–H and O–H groups in total. The highest BCUT2D eigenvalue weighted by Gasteiger charge is 2.33. The van der Waals surface area contributed by atoms with Gasteiger partial charge in [-0.1, -0.05) is 12.5 Å². The molecule has 1 unspecified atom stereocenters. The van der Waals surface area contributed by atoms with Crippen LogP contribution >= 0.6 is 11.8 Å². The molecule has 0 amide bonds. The second kappa shape index (κ2) is 7.95. The number of benzene rings is 1. The average molecular weight is 407 g/mol. The first-order chi connectivity index (χ1) is 13.5. The molecule has 1 atom stereocenters. The third-order valence-electron chi connectivity index (χ3n) is 5.00. The van der Waals surface area contributed by atoms with Crippen LogP contribution in [-0.2, 0) is 11.4 Å². The molecule has 2 aliphatic rings. The maximum Gasteiger partial charge on any atom is 0.304 e. The van der Waals surface area contributed by atoms with Gasteiger partial charge < -0.3 is 14.6 Å². The molecule has 5 nitrogen and oxygen atoms in total. The van der Waals surface area contributed by atoms with Gasteiger partial charge in [-0.2, -0.15) is 4.39 Å². The van der Waals surface area contributed by atoms with Crippen molar-refractivity contribution in [1.29, 1.82) is 0 Å². The van der Waals surface area contributed by atoms with Crippen molar-refractivity contribution in [3.63, 3.8) is 0 Å². The van der Waals surface area contributed by atoms with Gasteiger partial charge in [0.05, 0.1) is 13.0 Å². The van der Waals surface area contributed by atoms with Crippen molar-refractivity contribution in [2.45, 2.75) is 48.5 Å². The SMILES string of the molecule is O=C(O)CC1COc2c1cc(F)c(OCc1cccnc1SC1CCC1)c2F. The Morgan fingerprint density at radius 1 is 1.39 bits per heavy atom. The van der Waals surface area contributed by atoms with Crippen molar-refractivity contribution in [2.24, 2.45) is 0 Å². The van der Waals surface area contributed by atoms with Crippen LogP contribution < -0.4 is 9.47 Å². The van der Waals surface area contributed by atoms with Gasteiger partial charge in [-0.25, -0.2) is 9.37 Å². The molecule has 28 heavy (non-hydrogen) atoms. The Balaban J connectivity index is 1.53. The Bertz CT molecular complexity index is 904. The van der Waals surface area contributed by atoms with E-state index in [2.05, 4.69) is 4.98 Å². The first kappa shape index (κ1) is 19.0. The lowest BCUT2D eigenvalue weighted by Gasteiger charge is -2.24. The Morgan fingerprint density at radius 3 is 2.93 bits per heavy atom. The monoisotopic (exact) mass is 407 g/mol. The summed E-state index contributed by atoms with van der Waals surface area (Å²) >= 11 is 1.67. The van der Waals surface area contributed by atoms with Gasteiger partial charge in [0.1, 0.15) is 11.6 Å². The maximum atomic E-state index is 14.8. The number of aromatic nitrogens is 1. The van der Waals surface area contributed by atoms with E-state index in [1.165, 1.54) is 6.42 Å². The molecule has 0 bridgehead atoms. The molecule has 2 aromatic rings. The maximum absolute atomic E-state index is 14.8. The summed E-state index contributed by atoms with van der Waals surface area (Å²) in [4.78, 5) is 15.3. The van der Waals surface area contributed by atoms with Crippen LogP contribution in [0.2, 0.25) is 0 Å². The van der Waals surface area contributed by atoms with Crippen molar-refractivity contribution in [1.82, 2.24) is 4.98 Å². The smallest absolute Gasteiger partial charge is 0.304 e. The van der Waals surface area contributed by atoms with E-state index in [0.29, 0.717) is 5.25 Å². The number of carbonyl (C=O) groups is 1. The van der Waals surface area contributed by atoms with E-state index >= 15 is 0 Å². The summed E-state index contributed by atoms with van der Waals surface area (Å²) in [7, 11) is 0. The van der Waals surface area contributed by atoms with E-state index in [1.54, 1.807) is 24.0 Å². The number of halogens is 2. The third kappa shape index (κ3) is 3.78. The summed E-state index contributed by atoms with van der Waals surface area (Å²) in [6.07, 6.45) is 4.95. The molecule has 0 saturated heterocycles. The molecule has 4 rings (SSSR count). The van der Waals surface area contributed by atoms with Gasteiger partial charge >= 0.3 is 5.97 Å². The highest BCUT2D eigenvalue weighted by atomic mass is 32.2. The minimum atomic E-state index is -1.05. The van der Waals surface area contributed by atoms with Crippen LogP contribution in [0.15, 0.2) is 29.4 Å². The minimum absolute atomic E-state index is 0.00618. The van der Waals surface area contributed by atoms with Crippen LogP contribution in [0.1, 0.15) is 42.7 Å². The second-order valence-electron chi connectivity index (χ2n) is 6.95. The second-order valence-corrected chi connectivity index (χ2v) is 8.24. The highest BCUT2D eigenvalue weighted by Crippen LogP contribution is 2.43. The van der Waals surface area contributed by atoms with E-state index < -0.39 is 29.3 Å². The topological polar surface area (TPSA) is 68.7 Å². The lowest BCUT2D eigenvalue weighted by atomic mass is 9.97. The van der Waals surface area contributed by atoms with Crippen LogP contribution in [0, 0.1) is 11.6 Å². The number of carboxylic acid groups (broad SMARTS) is 1. The van der Waals surface area contributed by atoms with Gasteiger partial charge in [0, 0.05) is 28.5 Å². The summed E-state index contributed by atoms with van der Waals surface area (Å²) in [5, 5.41) is 10.3. The highest BCUT2D eigenvalue weighted by molar-refractivity contribution is 8.00. The van der Waals surface area contributed by atoms with Gasteiger partial charge in [-0.05, 0) is 25.0 Å². The normalized spacial score (nSPS) is 18.3. The van der Waals surface area contributed by atoms with Crippen molar-refractivity contribution in [3.8, 4) is 11.5 Å². The van der Waals surface area contributed by atoms with Crippen LogP contribution in [-0.4, -0.2) is 27.9 Å². The van der Waals surface area contributed by atoms with Gasteiger partial charge in [0.25, 0.3) is 0 Å². The van der Waals surface area contributed by atoms with Crippen molar-refractivity contribution < 1.29 is 28.2 Å². The van der Waals surface area contributed by atoms with Crippen LogP contribution in [0.4, 0.5) is 8.78 Å². The number of thioether (sulfide) groups is 1. The summed E-state index contributed by atoms with van der Waals surface area (Å²) in [5.41, 5.74) is 0.996. The molecular formula is C20H19F2NO4S. The lowest BCUT2D eigenvalue weighted by molar-refractivity contribution is -0.137. The minimum Gasteiger partial charge on any atom is -0.489 e. The number of fused-ring (bicyclic) bond motifs is 1. The zero-order valence-electron chi connectivity index (χ0n) is 15.0. The number of nitrogens with zero attached hydrogens (tertiary/aromatic N) is 1. The first-order valence-corrected chi connectivity index (χ1v) is 10.0. The lowest BCUT2D eigenvalue weighted by Crippen LogP contribution is -2.14. The van der Waals surface area contributed by atoms with Crippen molar-refractivity contribution in [3.05, 3.63) is 47.2 Å². The fourth-order valence-electron chi connectivity index (χ4n) is 3.27. The number of pyridine rings is 1. The quantitative estimate of drug-likeness (QED) is 0.727. The number of carboxylic acids is 1. The molecule has 2 heterocycles. The summed E-state index contributed by atoms with van der Waals surface area (Å²) < 4.78 is 40.0. The van der Waals surface area contributed by atoms with E-state index in [-0.39, 0.29) is 30.9 Å². The molecule has 0 spiro atoms. The van der Waals surface area contributed by atoms with Crippen molar-refractivity contribution in [2.75, 3.05) is 6.61 Å². The molecule has 1 fully saturated rings.